The summed E-state index contributed by atoms with van der Waals surface area (Å²) in [5.41, 5.74) is 0.631. The Kier molecular flexibility index (Phi) is 7.87. The number of ether oxygens (including phenoxy) is 3. The second-order valence-corrected chi connectivity index (χ2v) is 7.66. The third kappa shape index (κ3) is 5.87. The lowest BCUT2D eigenvalue weighted by molar-refractivity contribution is -0.152. The second-order valence-electron chi connectivity index (χ2n) is 7.66. The summed E-state index contributed by atoms with van der Waals surface area (Å²) in [6.07, 6.45) is 5.96. The topological polar surface area (TPSA) is 73.9 Å². The van der Waals surface area contributed by atoms with Crippen molar-refractivity contribution in [2.24, 2.45) is 0 Å². The van der Waals surface area contributed by atoms with E-state index >= 15 is 0 Å². The number of carbonyl (C=O) groups excluding carboxylic acids is 2. The van der Waals surface area contributed by atoms with Gasteiger partial charge in [-0.2, -0.15) is 0 Å². The molecule has 1 fully saturated rings. The van der Waals surface area contributed by atoms with Crippen molar-refractivity contribution in [3.05, 3.63) is 65.5 Å². The fourth-order valence-electron chi connectivity index (χ4n) is 3.73. The zero-order valence-electron chi connectivity index (χ0n) is 18.4. The number of rotatable bonds is 9. The van der Waals surface area contributed by atoms with Gasteiger partial charge in [0, 0.05) is 6.08 Å². The van der Waals surface area contributed by atoms with Gasteiger partial charge >= 0.3 is 5.97 Å². The van der Waals surface area contributed by atoms with Crippen molar-refractivity contribution in [1.29, 1.82) is 0 Å². The molecule has 3 rings (SSSR count). The Morgan fingerprint density at radius 1 is 1.09 bits per heavy atom. The highest BCUT2D eigenvalue weighted by Crippen LogP contribution is 2.31. The lowest BCUT2D eigenvalue weighted by Gasteiger charge is -2.27. The third-order valence-electron chi connectivity index (χ3n) is 5.41. The first-order valence-electron chi connectivity index (χ1n) is 10.7. The minimum Gasteiger partial charge on any atom is -0.493 e. The van der Waals surface area contributed by atoms with Crippen molar-refractivity contribution in [3.63, 3.8) is 0 Å². The van der Waals surface area contributed by atoms with Crippen molar-refractivity contribution >= 4 is 18.0 Å². The van der Waals surface area contributed by atoms with Crippen molar-refractivity contribution in [3.8, 4) is 11.5 Å². The van der Waals surface area contributed by atoms with E-state index in [0.717, 1.165) is 24.0 Å². The number of carbonyl (C=O) groups is 2. The van der Waals surface area contributed by atoms with Crippen LogP contribution in [0.1, 0.15) is 43.7 Å². The number of esters is 1. The highest BCUT2D eigenvalue weighted by atomic mass is 19.1. The minimum absolute atomic E-state index is 0.268. The van der Waals surface area contributed by atoms with Crippen molar-refractivity contribution in [2.75, 3.05) is 13.7 Å². The van der Waals surface area contributed by atoms with Gasteiger partial charge in [-0.1, -0.05) is 31.0 Å². The number of halogens is 1. The molecule has 0 saturated heterocycles. The predicted octanol–water partition coefficient (Wildman–Crippen LogP) is 4.42. The third-order valence-corrected chi connectivity index (χ3v) is 5.41. The molecule has 170 valence electrons. The molecular formula is C25H28FNO5. The van der Waals surface area contributed by atoms with Crippen LogP contribution in [0.4, 0.5) is 4.39 Å². The molecule has 6 nitrogen and oxygen atoms in total. The summed E-state index contributed by atoms with van der Waals surface area (Å²) in [4.78, 5) is 24.9. The summed E-state index contributed by atoms with van der Waals surface area (Å²) in [5.74, 6) is 0.0193. The zero-order valence-corrected chi connectivity index (χ0v) is 18.4. The quantitative estimate of drug-likeness (QED) is 0.461. The molecule has 0 radical (unpaired) electrons. The van der Waals surface area contributed by atoms with Crippen molar-refractivity contribution in [1.82, 2.24) is 5.32 Å². The van der Waals surface area contributed by atoms with Crippen molar-refractivity contribution < 1.29 is 28.2 Å². The highest BCUT2D eigenvalue weighted by Gasteiger charge is 2.43. The van der Waals surface area contributed by atoms with E-state index in [-0.39, 0.29) is 30.9 Å². The molecule has 2 aromatic rings. The summed E-state index contributed by atoms with van der Waals surface area (Å²) >= 11 is 0. The number of methoxy groups -OCH3 is 1. The van der Waals surface area contributed by atoms with E-state index in [2.05, 4.69) is 5.32 Å². The van der Waals surface area contributed by atoms with Gasteiger partial charge in [0.2, 0.25) is 5.91 Å². The van der Waals surface area contributed by atoms with Gasteiger partial charge in [-0.25, -0.2) is 9.18 Å². The molecule has 1 aliphatic rings. The maximum absolute atomic E-state index is 13.0. The van der Waals surface area contributed by atoms with Crippen LogP contribution in [0.5, 0.6) is 11.5 Å². The van der Waals surface area contributed by atoms with Gasteiger partial charge < -0.3 is 19.5 Å². The number of hydrogen-bond donors (Lipinski definition) is 1. The first kappa shape index (κ1) is 23.3. The van der Waals surface area contributed by atoms with Crippen LogP contribution in [0.3, 0.4) is 0 Å². The van der Waals surface area contributed by atoms with E-state index in [1.54, 1.807) is 43.3 Å². The molecular weight excluding hydrogens is 413 g/mol. The van der Waals surface area contributed by atoms with E-state index in [1.165, 1.54) is 25.3 Å². The van der Waals surface area contributed by atoms with Gasteiger partial charge in [0.25, 0.3) is 0 Å². The molecule has 1 saturated carbocycles. The molecule has 0 bridgehead atoms. The summed E-state index contributed by atoms with van der Waals surface area (Å²) in [6.45, 7) is 2.30. The maximum Gasteiger partial charge on any atom is 0.331 e. The van der Waals surface area contributed by atoms with E-state index in [4.69, 9.17) is 14.2 Å². The number of hydrogen-bond acceptors (Lipinski definition) is 5. The van der Waals surface area contributed by atoms with Gasteiger partial charge in [0.05, 0.1) is 13.7 Å². The molecule has 2 aromatic carbocycles. The van der Waals surface area contributed by atoms with Crippen LogP contribution in [0.2, 0.25) is 0 Å². The van der Waals surface area contributed by atoms with E-state index in [9.17, 15) is 14.0 Å². The Labute approximate surface area is 187 Å². The average molecular weight is 441 g/mol. The molecule has 0 atom stereocenters. The van der Waals surface area contributed by atoms with Gasteiger partial charge in [-0.05, 0) is 61.2 Å². The van der Waals surface area contributed by atoms with Gasteiger partial charge in [0.1, 0.15) is 18.0 Å². The SMILES string of the molecule is CCOC(=O)C1(NC(=O)C=Cc2ccc(OCc3ccc(F)cc3)c(OC)c2)CCCC1. The molecule has 32 heavy (non-hydrogen) atoms. The van der Waals surface area contributed by atoms with Gasteiger partial charge in [-0.3, -0.25) is 4.79 Å². The Morgan fingerprint density at radius 3 is 2.47 bits per heavy atom. The first-order chi connectivity index (χ1) is 15.5. The maximum atomic E-state index is 13.0. The Morgan fingerprint density at radius 2 is 1.81 bits per heavy atom. The zero-order chi connectivity index (χ0) is 23.0. The van der Waals surface area contributed by atoms with E-state index in [1.807, 2.05) is 0 Å². The summed E-state index contributed by atoms with van der Waals surface area (Å²) < 4.78 is 29.4. The summed E-state index contributed by atoms with van der Waals surface area (Å²) in [7, 11) is 1.53. The Hall–Kier alpha value is -3.35. The molecule has 0 spiro atoms. The summed E-state index contributed by atoms with van der Waals surface area (Å²) in [6, 6.07) is 11.4. The fourth-order valence-corrected chi connectivity index (χ4v) is 3.73. The van der Waals surface area contributed by atoms with Crippen LogP contribution in [0, 0.1) is 5.82 Å². The molecule has 1 amide bonds. The molecule has 1 aliphatic carbocycles. The van der Waals surface area contributed by atoms with Gasteiger partial charge in [-0.15, -0.1) is 0 Å². The van der Waals surface area contributed by atoms with Crippen LogP contribution < -0.4 is 14.8 Å². The standard InChI is InChI=1S/C25H28FNO5/c1-3-31-24(29)25(14-4-5-15-25)27-23(28)13-9-18-8-12-21(22(16-18)30-2)32-17-19-6-10-20(26)11-7-19/h6-13,16H,3-5,14-15,17H2,1-2H3,(H,27,28). The number of benzene rings is 2. The van der Waals surface area contributed by atoms with Crippen LogP contribution in [0.15, 0.2) is 48.5 Å². The fraction of sp³-hybridized carbons (Fsp3) is 0.360. The molecule has 7 heteroatoms. The van der Waals surface area contributed by atoms with Crippen molar-refractivity contribution in [2.45, 2.75) is 44.8 Å². The van der Waals surface area contributed by atoms with Crippen LogP contribution in [-0.4, -0.2) is 31.1 Å². The van der Waals surface area contributed by atoms with E-state index < -0.39 is 5.54 Å². The Bertz CT molecular complexity index is 965. The smallest absolute Gasteiger partial charge is 0.331 e. The summed E-state index contributed by atoms with van der Waals surface area (Å²) in [5, 5.41) is 2.85. The van der Waals surface area contributed by atoms with Crippen LogP contribution >= 0.6 is 0 Å². The van der Waals surface area contributed by atoms with E-state index in [0.29, 0.717) is 24.3 Å². The largest absolute Gasteiger partial charge is 0.493 e. The lowest BCUT2D eigenvalue weighted by Crippen LogP contribution is -2.52. The predicted molar refractivity (Wildman–Crippen MR) is 119 cm³/mol. The van der Waals surface area contributed by atoms with Gasteiger partial charge in [0.15, 0.2) is 11.5 Å². The Balaban J connectivity index is 1.64. The molecule has 1 N–H and O–H groups in total. The monoisotopic (exact) mass is 441 g/mol. The molecule has 0 aromatic heterocycles. The normalized spacial score (nSPS) is 14.8. The minimum atomic E-state index is -0.937. The molecule has 0 unspecified atom stereocenters. The lowest BCUT2D eigenvalue weighted by atomic mass is 9.97. The highest BCUT2D eigenvalue weighted by molar-refractivity contribution is 5.96. The second kappa shape index (κ2) is 10.8. The number of amides is 1. The molecule has 0 heterocycles. The van der Waals surface area contributed by atoms with Crippen LogP contribution in [-0.2, 0) is 20.9 Å². The molecule has 0 aliphatic heterocycles. The first-order valence-corrected chi connectivity index (χ1v) is 10.7. The number of nitrogens with one attached hydrogen (secondary N) is 1. The van der Waals surface area contributed by atoms with Crippen LogP contribution in [0.25, 0.3) is 6.08 Å². The average Bonchev–Trinajstić information content (AvgIpc) is 3.27.